The van der Waals surface area contributed by atoms with Crippen molar-refractivity contribution in [2.75, 3.05) is 25.1 Å². The first-order valence-corrected chi connectivity index (χ1v) is 8.45. The van der Waals surface area contributed by atoms with Gasteiger partial charge in [-0.3, -0.25) is 9.59 Å². The van der Waals surface area contributed by atoms with E-state index >= 15 is 0 Å². The number of carbonyl (C=O) groups is 2. The van der Waals surface area contributed by atoms with Gasteiger partial charge in [0.15, 0.2) is 0 Å². The van der Waals surface area contributed by atoms with Gasteiger partial charge in [-0.25, -0.2) is 4.39 Å². The van der Waals surface area contributed by atoms with Crippen molar-refractivity contribution in [1.82, 2.24) is 4.90 Å². The third-order valence-corrected chi connectivity index (χ3v) is 4.72. The zero-order valence-electron chi connectivity index (χ0n) is 15.0. The lowest BCUT2D eigenvalue weighted by Crippen LogP contribution is -2.57. The average molecular weight is 356 g/mol. The number of anilines is 1. The van der Waals surface area contributed by atoms with E-state index in [1.165, 1.54) is 23.0 Å². The molecule has 3 rings (SSSR count). The maximum absolute atomic E-state index is 13.9. The molecule has 1 fully saturated rings. The van der Waals surface area contributed by atoms with E-state index in [4.69, 9.17) is 4.74 Å². The van der Waals surface area contributed by atoms with Crippen LogP contribution in [0.5, 0.6) is 5.75 Å². The molecule has 1 heterocycles. The van der Waals surface area contributed by atoms with Crippen LogP contribution in [0.15, 0.2) is 42.5 Å². The summed E-state index contributed by atoms with van der Waals surface area (Å²) in [6, 6.07) is 11.0. The Hall–Kier alpha value is -2.89. The number of rotatable bonds is 3. The van der Waals surface area contributed by atoms with Gasteiger partial charge >= 0.3 is 0 Å². The minimum atomic E-state index is -0.648. The van der Waals surface area contributed by atoms with Crippen LogP contribution in [0.3, 0.4) is 0 Å². The number of ether oxygens (including phenoxy) is 1. The second kappa shape index (κ2) is 7.15. The molecule has 2 amide bonds. The van der Waals surface area contributed by atoms with Crippen LogP contribution in [0, 0.1) is 12.7 Å². The standard InChI is InChI=1S/C20H21FN2O3/c1-13-8-9-15(12-17(13)21)23-11-10-22(14(2)19(23)24)20(25)16-6-4-5-7-18(16)26-3/h4-9,12,14H,10-11H2,1-3H3/t14-/m1/s1. The van der Waals surface area contributed by atoms with E-state index in [9.17, 15) is 14.0 Å². The molecule has 1 atom stereocenters. The van der Waals surface area contributed by atoms with Crippen LogP contribution in [0.4, 0.5) is 10.1 Å². The molecule has 0 unspecified atom stereocenters. The number of halogens is 1. The zero-order chi connectivity index (χ0) is 18.8. The maximum atomic E-state index is 13.9. The van der Waals surface area contributed by atoms with Gasteiger partial charge in [0.1, 0.15) is 17.6 Å². The van der Waals surface area contributed by atoms with Crippen molar-refractivity contribution in [2.45, 2.75) is 19.9 Å². The normalized spacial score (nSPS) is 17.4. The Kier molecular flexibility index (Phi) is 4.93. The van der Waals surface area contributed by atoms with Gasteiger partial charge in [-0.1, -0.05) is 18.2 Å². The quantitative estimate of drug-likeness (QED) is 0.849. The van der Waals surface area contributed by atoms with Crippen LogP contribution in [-0.2, 0) is 4.79 Å². The first kappa shape index (κ1) is 17.9. The second-order valence-electron chi connectivity index (χ2n) is 6.30. The molecule has 2 aromatic rings. The molecule has 1 aliphatic heterocycles. The lowest BCUT2D eigenvalue weighted by Gasteiger charge is -2.39. The Morgan fingerprint density at radius 3 is 2.62 bits per heavy atom. The summed E-state index contributed by atoms with van der Waals surface area (Å²) in [4.78, 5) is 28.7. The van der Waals surface area contributed by atoms with Crippen LogP contribution in [0.25, 0.3) is 0 Å². The maximum Gasteiger partial charge on any atom is 0.258 e. The van der Waals surface area contributed by atoms with Crippen LogP contribution in [-0.4, -0.2) is 43.0 Å². The molecular weight excluding hydrogens is 335 g/mol. The highest BCUT2D eigenvalue weighted by molar-refractivity contribution is 6.04. The topological polar surface area (TPSA) is 49.9 Å². The molecule has 26 heavy (non-hydrogen) atoms. The van der Waals surface area contributed by atoms with Crippen molar-refractivity contribution >= 4 is 17.5 Å². The molecule has 0 radical (unpaired) electrons. The molecule has 6 heteroatoms. The minimum absolute atomic E-state index is 0.234. The Morgan fingerprint density at radius 1 is 1.19 bits per heavy atom. The van der Waals surface area contributed by atoms with E-state index in [1.54, 1.807) is 50.2 Å². The van der Waals surface area contributed by atoms with Crippen molar-refractivity contribution in [3.63, 3.8) is 0 Å². The van der Waals surface area contributed by atoms with Crippen molar-refractivity contribution in [3.8, 4) is 5.75 Å². The number of hydrogen-bond acceptors (Lipinski definition) is 3. The number of amides is 2. The van der Waals surface area contributed by atoms with Gasteiger partial charge in [-0.05, 0) is 43.7 Å². The van der Waals surface area contributed by atoms with Crippen LogP contribution in [0.1, 0.15) is 22.8 Å². The molecule has 0 aliphatic carbocycles. The molecule has 0 bridgehead atoms. The van der Waals surface area contributed by atoms with E-state index in [2.05, 4.69) is 0 Å². The number of piperazine rings is 1. The molecular formula is C20H21FN2O3. The van der Waals surface area contributed by atoms with Gasteiger partial charge < -0.3 is 14.5 Å². The first-order valence-electron chi connectivity index (χ1n) is 8.45. The number of benzene rings is 2. The van der Waals surface area contributed by atoms with Crippen LogP contribution < -0.4 is 9.64 Å². The van der Waals surface area contributed by atoms with Gasteiger partial charge in [0.2, 0.25) is 5.91 Å². The second-order valence-corrected chi connectivity index (χ2v) is 6.30. The number of carbonyl (C=O) groups excluding carboxylic acids is 2. The van der Waals surface area contributed by atoms with Crippen LogP contribution >= 0.6 is 0 Å². The fraction of sp³-hybridized carbons (Fsp3) is 0.300. The Bertz CT molecular complexity index is 853. The Balaban J connectivity index is 1.83. The molecule has 0 aromatic heterocycles. The smallest absolute Gasteiger partial charge is 0.258 e. The van der Waals surface area contributed by atoms with E-state index in [1.807, 2.05) is 0 Å². The number of hydrogen-bond donors (Lipinski definition) is 0. The van der Waals surface area contributed by atoms with Gasteiger partial charge in [0, 0.05) is 18.8 Å². The summed E-state index contributed by atoms with van der Waals surface area (Å²) in [7, 11) is 1.50. The summed E-state index contributed by atoms with van der Waals surface area (Å²) in [5.74, 6) is -0.364. The Labute approximate surface area is 152 Å². The van der Waals surface area contributed by atoms with Gasteiger partial charge in [-0.15, -0.1) is 0 Å². The SMILES string of the molecule is COc1ccccc1C(=O)N1CCN(c2ccc(C)c(F)c2)C(=O)[C@H]1C. The summed E-state index contributed by atoms with van der Waals surface area (Å²) in [5.41, 5.74) is 1.46. The van der Waals surface area contributed by atoms with Crippen molar-refractivity contribution in [1.29, 1.82) is 0 Å². The molecule has 0 N–H and O–H groups in total. The highest BCUT2D eigenvalue weighted by Crippen LogP contribution is 2.26. The monoisotopic (exact) mass is 356 g/mol. The third-order valence-electron chi connectivity index (χ3n) is 4.72. The fourth-order valence-corrected chi connectivity index (χ4v) is 3.13. The number of para-hydroxylation sites is 1. The zero-order valence-corrected chi connectivity index (χ0v) is 15.0. The third kappa shape index (κ3) is 3.14. The van der Waals surface area contributed by atoms with Crippen LogP contribution in [0.2, 0.25) is 0 Å². The largest absolute Gasteiger partial charge is 0.496 e. The van der Waals surface area contributed by atoms with Gasteiger partial charge in [0.25, 0.3) is 5.91 Å². The number of aryl methyl sites for hydroxylation is 1. The number of methoxy groups -OCH3 is 1. The lowest BCUT2D eigenvalue weighted by molar-refractivity contribution is -0.124. The molecule has 0 saturated carbocycles. The minimum Gasteiger partial charge on any atom is -0.496 e. The van der Waals surface area contributed by atoms with E-state index < -0.39 is 6.04 Å². The molecule has 2 aromatic carbocycles. The summed E-state index contributed by atoms with van der Waals surface area (Å²) in [6.07, 6.45) is 0. The van der Waals surface area contributed by atoms with E-state index in [-0.39, 0.29) is 17.6 Å². The van der Waals surface area contributed by atoms with Gasteiger partial charge in [-0.2, -0.15) is 0 Å². The number of nitrogens with zero attached hydrogens (tertiary/aromatic N) is 2. The summed E-state index contributed by atoms with van der Waals surface area (Å²) in [6.45, 7) is 4.03. The molecule has 1 aliphatic rings. The van der Waals surface area contributed by atoms with E-state index in [0.717, 1.165) is 0 Å². The predicted octanol–water partition coefficient (Wildman–Crippen LogP) is 3.02. The average Bonchev–Trinajstić information content (AvgIpc) is 2.65. The molecule has 0 spiro atoms. The molecule has 1 saturated heterocycles. The summed E-state index contributed by atoms with van der Waals surface area (Å²) in [5, 5.41) is 0. The predicted molar refractivity (Wildman–Crippen MR) is 97.0 cm³/mol. The highest BCUT2D eigenvalue weighted by Gasteiger charge is 2.36. The first-order chi connectivity index (χ1) is 12.4. The fourth-order valence-electron chi connectivity index (χ4n) is 3.13. The summed E-state index contributed by atoms with van der Waals surface area (Å²) >= 11 is 0. The lowest BCUT2D eigenvalue weighted by atomic mass is 10.1. The molecule has 136 valence electrons. The summed E-state index contributed by atoms with van der Waals surface area (Å²) < 4.78 is 19.1. The van der Waals surface area contributed by atoms with Crippen molar-refractivity contribution in [3.05, 3.63) is 59.4 Å². The van der Waals surface area contributed by atoms with E-state index in [0.29, 0.717) is 35.7 Å². The Morgan fingerprint density at radius 2 is 1.92 bits per heavy atom. The van der Waals surface area contributed by atoms with Gasteiger partial charge in [0.05, 0.1) is 12.7 Å². The molecule has 5 nitrogen and oxygen atoms in total. The van der Waals surface area contributed by atoms with Crippen molar-refractivity contribution in [2.24, 2.45) is 0 Å². The highest BCUT2D eigenvalue weighted by atomic mass is 19.1. The van der Waals surface area contributed by atoms with Crippen molar-refractivity contribution < 1.29 is 18.7 Å².